The van der Waals surface area contributed by atoms with E-state index in [-0.39, 0.29) is 29.9 Å². The van der Waals surface area contributed by atoms with Crippen LogP contribution in [0.5, 0.6) is 0 Å². The molecular weight excluding hydrogens is 430 g/mol. The third-order valence-corrected chi connectivity index (χ3v) is 5.95. The van der Waals surface area contributed by atoms with E-state index < -0.39 is 0 Å². The van der Waals surface area contributed by atoms with Crippen LogP contribution in [-0.4, -0.2) is 44.5 Å². The van der Waals surface area contributed by atoms with Crippen molar-refractivity contribution in [1.82, 2.24) is 25.2 Å². The van der Waals surface area contributed by atoms with Crippen LogP contribution in [0, 0.1) is 11.3 Å². The standard InChI is InChI=1S/C25H29N7O2/c1-15(2)29-22-11-23(24-9-8-20-10-17(12-26)13-28-32(20)24)27-14-21(22)25(34)31-19-6-4-18(5-7-19)30-16(3)33/h8-11,13-15,18-19H,4-7H2,1-3H3,(H,27,29)(H,30,33)(H,31,34)/t18-,19-. The normalized spacial score (nSPS) is 17.9. The highest BCUT2D eigenvalue weighted by Gasteiger charge is 2.24. The van der Waals surface area contributed by atoms with E-state index in [0.29, 0.717) is 22.5 Å². The van der Waals surface area contributed by atoms with Crippen LogP contribution < -0.4 is 16.0 Å². The van der Waals surface area contributed by atoms with Crippen molar-refractivity contribution in [3.8, 4) is 17.5 Å². The first-order chi connectivity index (χ1) is 16.3. The maximum atomic E-state index is 13.1. The SMILES string of the molecule is CC(=O)N[C@H]1CC[C@H](NC(=O)c2cnc(-c3ccc4cc(C#N)cnn34)cc2NC(C)C)CC1. The summed E-state index contributed by atoms with van der Waals surface area (Å²) in [6.45, 7) is 5.57. The van der Waals surface area contributed by atoms with Crippen LogP contribution in [-0.2, 0) is 4.79 Å². The number of rotatable bonds is 6. The molecule has 2 amide bonds. The molecule has 1 fully saturated rings. The van der Waals surface area contributed by atoms with Gasteiger partial charge in [-0.3, -0.25) is 14.6 Å². The predicted octanol–water partition coefficient (Wildman–Crippen LogP) is 3.27. The highest BCUT2D eigenvalue weighted by atomic mass is 16.2. The van der Waals surface area contributed by atoms with E-state index in [1.807, 2.05) is 32.0 Å². The molecule has 0 spiro atoms. The Morgan fingerprint density at radius 2 is 1.79 bits per heavy atom. The largest absolute Gasteiger partial charge is 0.382 e. The summed E-state index contributed by atoms with van der Waals surface area (Å²) in [5.41, 5.74) is 3.92. The van der Waals surface area contributed by atoms with Crippen LogP contribution in [0.15, 0.2) is 36.7 Å². The van der Waals surface area contributed by atoms with Crippen molar-refractivity contribution in [1.29, 1.82) is 5.26 Å². The molecule has 3 aromatic heterocycles. The molecule has 3 aromatic rings. The zero-order valence-electron chi connectivity index (χ0n) is 19.6. The minimum absolute atomic E-state index is 0.0143. The summed E-state index contributed by atoms with van der Waals surface area (Å²) in [7, 11) is 0. The van der Waals surface area contributed by atoms with Crippen molar-refractivity contribution in [2.45, 2.75) is 64.6 Å². The molecule has 0 aliphatic heterocycles. The summed E-state index contributed by atoms with van der Waals surface area (Å²) in [5.74, 6) is -0.179. The van der Waals surface area contributed by atoms with Crippen molar-refractivity contribution in [3.05, 3.63) is 47.8 Å². The lowest BCUT2D eigenvalue weighted by Crippen LogP contribution is -2.43. The Bertz CT molecular complexity index is 1250. The number of amides is 2. The monoisotopic (exact) mass is 459 g/mol. The van der Waals surface area contributed by atoms with Gasteiger partial charge in [-0.25, -0.2) is 4.52 Å². The van der Waals surface area contributed by atoms with E-state index in [9.17, 15) is 9.59 Å². The first kappa shape index (κ1) is 23.2. The molecule has 9 nitrogen and oxygen atoms in total. The van der Waals surface area contributed by atoms with Gasteiger partial charge in [0.1, 0.15) is 6.07 Å². The summed E-state index contributed by atoms with van der Waals surface area (Å²) >= 11 is 0. The number of nitriles is 1. The average molecular weight is 460 g/mol. The molecule has 9 heteroatoms. The molecule has 176 valence electrons. The van der Waals surface area contributed by atoms with Gasteiger partial charge >= 0.3 is 0 Å². The molecule has 34 heavy (non-hydrogen) atoms. The lowest BCUT2D eigenvalue weighted by atomic mass is 9.91. The van der Waals surface area contributed by atoms with Crippen molar-refractivity contribution >= 4 is 23.0 Å². The zero-order chi connectivity index (χ0) is 24.2. The molecule has 3 heterocycles. The van der Waals surface area contributed by atoms with E-state index in [0.717, 1.165) is 36.9 Å². The van der Waals surface area contributed by atoms with Crippen LogP contribution in [0.2, 0.25) is 0 Å². The Hall–Kier alpha value is -3.93. The molecule has 0 atom stereocenters. The molecule has 1 saturated carbocycles. The zero-order valence-corrected chi connectivity index (χ0v) is 19.6. The first-order valence-corrected chi connectivity index (χ1v) is 11.6. The lowest BCUT2D eigenvalue weighted by molar-refractivity contribution is -0.119. The van der Waals surface area contributed by atoms with Crippen molar-refractivity contribution in [2.24, 2.45) is 0 Å². The molecule has 0 bridgehead atoms. The van der Waals surface area contributed by atoms with Gasteiger partial charge in [0, 0.05) is 31.2 Å². The quantitative estimate of drug-likeness (QED) is 0.520. The van der Waals surface area contributed by atoms with E-state index in [4.69, 9.17) is 5.26 Å². The number of fused-ring (bicyclic) bond motifs is 1. The second-order valence-electron chi connectivity index (χ2n) is 9.05. The number of carbonyl (C=O) groups is 2. The van der Waals surface area contributed by atoms with Gasteiger partial charge in [-0.05, 0) is 63.8 Å². The van der Waals surface area contributed by atoms with E-state index in [2.05, 4.69) is 32.1 Å². The lowest BCUT2D eigenvalue weighted by Gasteiger charge is -2.29. The van der Waals surface area contributed by atoms with Crippen LogP contribution >= 0.6 is 0 Å². The van der Waals surface area contributed by atoms with Crippen molar-refractivity contribution in [3.63, 3.8) is 0 Å². The molecule has 1 aliphatic carbocycles. The Morgan fingerprint density at radius 3 is 2.44 bits per heavy atom. The summed E-state index contributed by atoms with van der Waals surface area (Å²) in [5, 5.41) is 22.9. The van der Waals surface area contributed by atoms with Gasteiger partial charge in [0.15, 0.2) is 0 Å². The van der Waals surface area contributed by atoms with Gasteiger partial charge in [0.25, 0.3) is 5.91 Å². The van der Waals surface area contributed by atoms with Crippen LogP contribution in [0.1, 0.15) is 62.4 Å². The van der Waals surface area contributed by atoms with E-state index >= 15 is 0 Å². The first-order valence-electron chi connectivity index (χ1n) is 11.6. The average Bonchev–Trinajstić information content (AvgIpc) is 3.22. The Labute approximate surface area is 198 Å². The second kappa shape index (κ2) is 9.91. The van der Waals surface area contributed by atoms with Crippen LogP contribution in [0.25, 0.3) is 16.9 Å². The van der Waals surface area contributed by atoms with Gasteiger partial charge in [0.2, 0.25) is 5.91 Å². The predicted molar refractivity (Wildman–Crippen MR) is 129 cm³/mol. The minimum Gasteiger partial charge on any atom is -0.382 e. The van der Waals surface area contributed by atoms with Gasteiger partial charge < -0.3 is 16.0 Å². The fraction of sp³-hybridized carbons (Fsp3) is 0.400. The fourth-order valence-electron chi connectivity index (χ4n) is 4.39. The maximum absolute atomic E-state index is 13.1. The van der Waals surface area contributed by atoms with Crippen LogP contribution in [0.3, 0.4) is 0 Å². The van der Waals surface area contributed by atoms with Gasteiger partial charge in [-0.15, -0.1) is 0 Å². The number of carbonyl (C=O) groups excluding carboxylic acids is 2. The third-order valence-electron chi connectivity index (χ3n) is 5.95. The number of nitrogens with zero attached hydrogens (tertiary/aromatic N) is 4. The summed E-state index contributed by atoms with van der Waals surface area (Å²) < 4.78 is 1.73. The van der Waals surface area contributed by atoms with Crippen LogP contribution in [0.4, 0.5) is 5.69 Å². The summed E-state index contributed by atoms with van der Waals surface area (Å²) in [6, 6.07) is 9.89. The topological polar surface area (TPSA) is 124 Å². The third kappa shape index (κ3) is 5.17. The number of anilines is 1. The van der Waals surface area contributed by atoms with Gasteiger partial charge in [0.05, 0.1) is 39.9 Å². The number of nitrogens with one attached hydrogen (secondary N) is 3. The molecular formula is C25H29N7O2. The smallest absolute Gasteiger partial charge is 0.255 e. The molecule has 4 rings (SSSR count). The number of aromatic nitrogens is 3. The highest BCUT2D eigenvalue weighted by Crippen LogP contribution is 2.26. The number of hydrogen-bond acceptors (Lipinski definition) is 6. The maximum Gasteiger partial charge on any atom is 0.255 e. The molecule has 0 saturated heterocycles. The Balaban J connectivity index is 1.55. The molecule has 0 unspecified atom stereocenters. The number of hydrogen-bond donors (Lipinski definition) is 3. The van der Waals surface area contributed by atoms with Gasteiger partial charge in [-0.1, -0.05) is 0 Å². The fourth-order valence-corrected chi connectivity index (χ4v) is 4.39. The molecule has 3 N–H and O–H groups in total. The van der Waals surface area contributed by atoms with E-state index in [1.54, 1.807) is 16.8 Å². The molecule has 1 aliphatic rings. The molecule has 0 radical (unpaired) electrons. The van der Waals surface area contributed by atoms with Gasteiger partial charge in [-0.2, -0.15) is 10.4 Å². The Kier molecular flexibility index (Phi) is 6.77. The summed E-state index contributed by atoms with van der Waals surface area (Å²) in [4.78, 5) is 29.0. The van der Waals surface area contributed by atoms with E-state index in [1.165, 1.54) is 13.1 Å². The second-order valence-corrected chi connectivity index (χ2v) is 9.05. The summed E-state index contributed by atoms with van der Waals surface area (Å²) in [6.07, 6.45) is 6.46. The van der Waals surface area contributed by atoms with Crippen molar-refractivity contribution in [2.75, 3.05) is 5.32 Å². The highest BCUT2D eigenvalue weighted by molar-refractivity contribution is 6.00. The minimum atomic E-state index is -0.165. The van der Waals surface area contributed by atoms with Crippen molar-refractivity contribution < 1.29 is 9.59 Å². The number of pyridine rings is 1. The Morgan fingerprint density at radius 1 is 1.09 bits per heavy atom. The molecule has 0 aromatic carbocycles.